The number of hydrogen-bond donors (Lipinski definition) is 2. The standard InChI is InChI=1S/C22H16ClN5O2S/c1-12(19(29)16-10-24-18-8-3-2-7-15(16)18)31-22-26-20-17(21(30)27-22)11-25-28(20)14-6-4-5-13(23)9-14/h2-12,24H,1H3,(H,26,27,30)/t12-/m0/s1. The number of carbonyl (C=O) groups excluding carboxylic acids is 1. The number of fused-ring (bicyclic) bond motifs is 2. The van der Waals surface area contributed by atoms with Crippen molar-refractivity contribution < 1.29 is 4.79 Å². The summed E-state index contributed by atoms with van der Waals surface area (Å²) < 4.78 is 1.56. The molecule has 0 amide bonds. The number of aromatic amines is 2. The van der Waals surface area contributed by atoms with Crippen LogP contribution >= 0.6 is 23.4 Å². The quantitative estimate of drug-likeness (QED) is 0.232. The lowest BCUT2D eigenvalue weighted by atomic mass is 10.1. The predicted octanol–water partition coefficient (Wildman–Crippen LogP) is 4.61. The number of hydrogen-bond acceptors (Lipinski definition) is 5. The smallest absolute Gasteiger partial charge is 0.262 e. The van der Waals surface area contributed by atoms with E-state index in [-0.39, 0.29) is 11.3 Å². The fourth-order valence-electron chi connectivity index (χ4n) is 3.47. The number of thioether (sulfide) groups is 1. The first-order chi connectivity index (χ1) is 15.0. The first kappa shape index (κ1) is 19.6. The number of nitrogens with one attached hydrogen (secondary N) is 2. The Kier molecular flexibility index (Phi) is 4.88. The van der Waals surface area contributed by atoms with Crippen molar-refractivity contribution in [2.75, 3.05) is 0 Å². The second kappa shape index (κ2) is 7.72. The molecule has 1 atom stereocenters. The predicted molar refractivity (Wildman–Crippen MR) is 122 cm³/mol. The van der Waals surface area contributed by atoms with E-state index < -0.39 is 5.25 Å². The van der Waals surface area contributed by atoms with Gasteiger partial charge in [0.1, 0.15) is 5.39 Å². The van der Waals surface area contributed by atoms with Crippen LogP contribution in [-0.4, -0.2) is 35.8 Å². The summed E-state index contributed by atoms with van der Waals surface area (Å²) in [4.78, 5) is 36.1. The fraction of sp³-hybridized carbons (Fsp3) is 0.0909. The monoisotopic (exact) mass is 449 g/mol. The number of H-pyrrole nitrogens is 2. The van der Waals surface area contributed by atoms with Crippen LogP contribution in [0.4, 0.5) is 0 Å². The molecule has 0 saturated carbocycles. The van der Waals surface area contributed by atoms with Crippen LogP contribution < -0.4 is 5.56 Å². The lowest BCUT2D eigenvalue weighted by Gasteiger charge is -2.09. The third-order valence-corrected chi connectivity index (χ3v) is 6.20. The summed E-state index contributed by atoms with van der Waals surface area (Å²) in [5.41, 5.74) is 2.30. The van der Waals surface area contributed by atoms with Gasteiger partial charge >= 0.3 is 0 Å². The summed E-state index contributed by atoms with van der Waals surface area (Å²) in [5, 5.41) is 5.97. The number of carbonyl (C=O) groups is 1. The maximum atomic E-state index is 13.1. The number of aromatic nitrogens is 5. The van der Waals surface area contributed by atoms with Gasteiger partial charge in [-0.15, -0.1) is 0 Å². The minimum atomic E-state index is -0.456. The van der Waals surface area contributed by atoms with E-state index >= 15 is 0 Å². The van der Waals surface area contributed by atoms with Crippen molar-refractivity contribution in [1.29, 1.82) is 0 Å². The van der Waals surface area contributed by atoms with Gasteiger partial charge in [0.2, 0.25) is 0 Å². The lowest BCUT2D eigenvalue weighted by molar-refractivity contribution is 0.0995. The molecule has 0 saturated heterocycles. The van der Waals surface area contributed by atoms with E-state index in [1.807, 2.05) is 30.3 Å². The molecule has 0 fully saturated rings. The van der Waals surface area contributed by atoms with Crippen LogP contribution in [0.2, 0.25) is 5.02 Å². The van der Waals surface area contributed by atoms with E-state index in [9.17, 15) is 9.59 Å². The molecule has 5 aromatic rings. The van der Waals surface area contributed by atoms with Crippen molar-refractivity contribution in [2.24, 2.45) is 0 Å². The van der Waals surface area contributed by atoms with Gasteiger partial charge in [-0.05, 0) is 31.2 Å². The molecule has 0 spiro atoms. The van der Waals surface area contributed by atoms with Crippen LogP contribution in [0.15, 0.2) is 70.9 Å². The van der Waals surface area contributed by atoms with Gasteiger partial charge in [-0.2, -0.15) is 5.10 Å². The molecule has 3 aromatic heterocycles. The molecule has 0 aliphatic rings. The van der Waals surface area contributed by atoms with Gasteiger partial charge in [-0.3, -0.25) is 9.59 Å². The van der Waals surface area contributed by atoms with Gasteiger partial charge in [-0.25, -0.2) is 9.67 Å². The molecule has 154 valence electrons. The molecule has 2 aromatic carbocycles. The SMILES string of the molecule is C[C@H](Sc1nc2c(cnn2-c2cccc(Cl)c2)c(=O)[nH]1)C(=O)c1c[nH]c2ccccc12. The molecule has 7 nitrogen and oxygen atoms in total. The Morgan fingerprint density at radius 1 is 1.16 bits per heavy atom. The molecular formula is C22H16ClN5O2S. The molecule has 9 heteroatoms. The topological polar surface area (TPSA) is 96.4 Å². The largest absolute Gasteiger partial charge is 0.360 e. The minimum Gasteiger partial charge on any atom is -0.360 e. The highest BCUT2D eigenvalue weighted by Crippen LogP contribution is 2.27. The number of benzene rings is 2. The third-order valence-electron chi connectivity index (χ3n) is 4.98. The van der Waals surface area contributed by atoms with Crippen molar-refractivity contribution in [3.05, 3.63) is 81.9 Å². The lowest BCUT2D eigenvalue weighted by Crippen LogP contribution is -2.16. The van der Waals surface area contributed by atoms with Crippen LogP contribution in [0.3, 0.4) is 0 Å². The second-order valence-corrected chi connectivity index (χ2v) is 8.78. The first-order valence-electron chi connectivity index (χ1n) is 9.52. The van der Waals surface area contributed by atoms with Crippen LogP contribution in [0, 0.1) is 0 Å². The van der Waals surface area contributed by atoms with Crippen molar-refractivity contribution in [1.82, 2.24) is 24.7 Å². The summed E-state index contributed by atoms with van der Waals surface area (Å²) >= 11 is 7.30. The van der Waals surface area contributed by atoms with E-state index in [1.165, 1.54) is 18.0 Å². The summed E-state index contributed by atoms with van der Waals surface area (Å²) in [6.07, 6.45) is 3.19. The number of rotatable bonds is 5. The minimum absolute atomic E-state index is 0.0476. The Balaban J connectivity index is 1.49. The highest BCUT2D eigenvalue weighted by molar-refractivity contribution is 8.00. The van der Waals surface area contributed by atoms with Crippen molar-refractivity contribution in [3.63, 3.8) is 0 Å². The van der Waals surface area contributed by atoms with Crippen LogP contribution in [0.5, 0.6) is 0 Å². The van der Waals surface area contributed by atoms with Crippen LogP contribution in [-0.2, 0) is 0 Å². The molecular weight excluding hydrogens is 434 g/mol. The molecule has 0 bridgehead atoms. The van der Waals surface area contributed by atoms with Gasteiger partial charge in [-0.1, -0.05) is 47.6 Å². The van der Waals surface area contributed by atoms with E-state index in [4.69, 9.17) is 11.6 Å². The third kappa shape index (κ3) is 3.54. The van der Waals surface area contributed by atoms with E-state index in [2.05, 4.69) is 20.1 Å². The van der Waals surface area contributed by atoms with Crippen LogP contribution in [0.1, 0.15) is 17.3 Å². The molecule has 0 radical (unpaired) electrons. The molecule has 5 rings (SSSR count). The average molecular weight is 450 g/mol. The molecule has 0 aliphatic heterocycles. The maximum absolute atomic E-state index is 13.1. The molecule has 31 heavy (non-hydrogen) atoms. The Morgan fingerprint density at radius 2 is 2.00 bits per heavy atom. The van der Waals surface area contributed by atoms with Crippen molar-refractivity contribution >= 4 is 51.1 Å². The van der Waals surface area contributed by atoms with Gasteiger partial charge in [0.05, 0.1) is 17.1 Å². The number of ketones is 1. The van der Waals surface area contributed by atoms with Crippen molar-refractivity contribution in [3.8, 4) is 5.69 Å². The fourth-order valence-corrected chi connectivity index (χ4v) is 4.51. The van der Waals surface area contributed by atoms with E-state index in [0.29, 0.717) is 32.5 Å². The van der Waals surface area contributed by atoms with Gasteiger partial charge in [0, 0.05) is 27.7 Å². The highest BCUT2D eigenvalue weighted by atomic mass is 35.5. The Hall–Kier alpha value is -3.36. The number of para-hydroxylation sites is 1. The Morgan fingerprint density at radius 3 is 2.84 bits per heavy atom. The number of Topliss-reactive ketones (excluding diaryl/α,β-unsaturated/α-hetero) is 1. The molecule has 3 heterocycles. The zero-order valence-corrected chi connectivity index (χ0v) is 17.9. The Bertz CT molecular complexity index is 1500. The summed E-state index contributed by atoms with van der Waals surface area (Å²) in [6, 6.07) is 14.8. The Labute approximate surface area is 185 Å². The number of halogens is 1. The normalized spacial score (nSPS) is 12.5. The summed E-state index contributed by atoms with van der Waals surface area (Å²) in [6.45, 7) is 1.80. The summed E-state index contributed by atoms with van der Waals surface area (Å²) in [7, 11) is 0. The number of nitrogens with zero attached hydrogens (tertiary/aromatic N) is 3. The molecule has 0 aliphatic carbocycles. The van der Waals surface area contributed by atoms with Crippen LogP contribution in [0.25, 0.3) is 27.6 Å². The zero-order valence-electron chi connectivity index (χ0n) is 16.3. The van der Waals surface area contributed by atoms with E-state index in [1.54, 1.807) is 36.0 Å². The van der Waals surface area contributed by atoms with Gasteiger partial charge in [0.25, 0.3) is 5.56 Å². The van der Waals surface area contributed by atoms with Gasteiger partial charge in [0.15, 0.2) is 16.6 Å². The van der Waals surface area contributed by atoms with Crippen molar-refractivity contribution in [2.45, 2.75) is 17.3 Å². The summed E-state index contributed by atoms with van der Waals surface area (Å²) in [5.74, 6) is -0.0476. The molecule has 0 unspecified atom stereocenters. The molecule has 2 N–H and O–H groups in total. The zero-order chi connectivity index (χ0) is 21.5. The highest BCUT2D eigenvalue weighted by Gasteiger charge is 2.22. The first-order valence-corrected chi connectivity index (χ1v) is 10.8. The van der Waals surface area contributed by atoms with E-state index in [0.717, 1.165) is 10.9 Å². The average Bonchev–Trinajstić information content (AvgIpc) is 3.38. The second-order valence-electron chi connectivity index (χ2n) is 7.02. The van der Waals surface area contributed by atoms with Gasteiger partial charge < -0.3 is 9.97 Å². The maximum Gasteiger partial charge on any atom is 0.262 e.